The lowest BCUT2D eigenvalue weighted by molar-refractivity contribution is 0.623. The van der Waals surface area contributed by atoms with E-state index in [1.807, 2.05) is 49.2 Å². The van der Waals surface area contributed by atoms with Gasteiger partial charge in [-0.1, -0.05) is 12.1 Å². The smallest absolute Gasteiger partial charge is 0.151 e. The van der Waals surface area contributed by atoms with Crippen LogP contribution in [0.4, 0.5) is 23.1 Å². The predicted octanol–water partition coefficient (Wildman–Crippen LogP) is 2.81. The average Bonchev–Trinajstić information content (AvgIpc) is 2.58. The zero-order chi connectivity index (χ0) is 17.1. The van der Waals surface area contributed by atoms with Crippen LogP contribution in [0.15, 0.2) is 42.1 Å². The second-order valence-corrected chi connectivity index (χ2v) is 6.15. The molecule has 2 aromatic heterocycles. The molecule has 0 spiro atoms. The maximum absolute atomic E-state index is 6.10. The van der Waals surface area contributed by atoms with Gasteiger partial charge in [0.05, 0.1) is 5.69 Å². The fourth-order valence-electron chi connectivity index (χ4n) is 2.66. The highest BCUT2D eigenvalue weighted by Gasteiger charge is 2.15. The lowest BCUT2D eigenvalue weighted by atomic mass is 10.1. The molecule has 3 heterocycles. The maximum Gasteiger partial charge on any atom is 0.151 e. The number of allylic oxidation sites excluding steroid dienone is 1. The van der Waals surface area contributed by atoms with E-state index in [2.05, 4.69) is 28.6 Å². The number of rotatable bonds is 4. The van der Waals surface area contributed by atoms with Gasteiger partial charge in [0.1, 0.15) is 11.6 Å². The highest BCUT2D eigenvalue weighted by molar-refractivity contribution is 5.67. The van der Waals surface area contributed by atoms with Gasteiger partial charge in [-0.3, -0.25) is 0 Å². The number of anilines is 4. The van der Waals surface area contributed by atoms with Crippen molar-refractivity contribution in [2.75, 3.05) is 29.5 Å². The Balaban J connectivity index is 1.81. The molecule has 0 saturated carbocycles. The van der Waals surface area contributed by atoms with E-state index in [-0.39, 0.29) is 6.04 Å². The third-order valence-corrected chi connectivity index (χ3v) is 4.15. The van der Waals surface area contributed by atoms with Gasteiger partial charge in [0, 0.05) is 31.0 Å². The molecule has 24 heavy (non-hydrogen) atoms. The minimum absolute atomic E-state index is 0.279. The highest BCUT2D eigenvalue weighted by atomic mass is 15.2. The molecule has 1 aliphatic rings. The van der Waals surface area contributed by atoms with Gasteiger partial charge in [-0.15, -0.1) is 0 Å². The van der Waals surface area contributed by atoms with E-state index >= 15 is 0 Å². The van der Waals surface area contributed by atoms with Crippen LogP contribution in [-0.4, -0.2) is 29.6 Å². The van der Waals surface area contributed by atoms with Gasteiger partial charge >= 0.3 is 0 Å². The molecule has 1 aliphatic heterocycles. The monoisotopic (exact) mass is 324 g/mol. The van der Waals surface area contributed by atoms with Crippen LogP contribution in [0.25, 0.3) is 0 Å². The molecule has 0 saturated heterocycles. The molecule has 0 aliphatic carbocycles. The molecule has 2 aromatic rings. The molecule has 0 aromatic carbocycles. The Morgan fingerprint density at radius 1 is 1.17 bits per heavy atom. The summed E-state index contributed by atoms with van der Waals surface area (Å²) in [5, 5.41) is 6.79. The van der Waals surface area contributed by atoms with Crippen LogP contribution in [0.3, 0.4) is 0 Å². The summed E-state index contributed by atoms with van der Waals surface area (Å²) in [6.45, 7) is 4.92. The summed E-state index contributed by atoms with van der Waals surface area (Å²) >= 11 is 0. The number of pyridine rings is 2. The van der Waals surface area contributed by atoms with Gasteiger partial charge in [-0.05, 0) is 44.5 Å². The van der Waals surface area contributed by atoms with Crippen LogP contribution in [0, 0.1) is 6.92 Å². The van der Waals surface area contributed by atoms with Crippen molar-refractivity contribution in [2.45, 2.75) is 26.3 Å². The minimum atomic E-state index is 0.279. The normalized spacial score (nSPS) is 17.0. The maximum atomic E-state index is 6.10. The molecule has 0 fully saturated rings. The third kappa shape index (κ3) is 3.59. The third-order valence-electron chi connectivity index (χ3n) is 4.15. The van der Waals surface area contributed by atoms with Crippen LogP contribution < -0.4 is 21.3 Å². The highest BCUT2D eigenvalue weighted by Crippen LogP contribution is 2.26. The van der Waals surface area contributed by atoms with Crippen molar-refractivity contribution in [2.24, 2.45) is 0 Å². The number of aromatic nitrogens is 2. The molecule has 1 atom stereocenters. The number of aryl methyl sites for hydroxylation is 1. The van der Waals surface area contributed by atoms with Crippen LogP contribution in [0.2, 0.25) is 0 Å². The number of hydrogen-bond donors (Lipinski definition) is 3. The Bertz CT molecular complexity index is 755. The fourth-order valence-corrected chi connectivity index (χ4v) is 2.66. The number of nitrogens with two attached hydrogens (primary N) is 1. The van der Waals surface area contributed by atoms with Gasteiger partial charge in [0.25, 0.3) is 0 Å². The van der Waals surface area contributed by atoms with E-state index in [0.717, 1.165) is 30.3 Å². The van der Waals surface area contributed by atoms with Gasteiger partial charge in [-0.25, -0.2) is 9.97 Å². The molecule has 0 amide bonds. The van der Waals surface area contributed by atoms with E-state index in [1.165, 1.54) is 5.70 Å². The Hall–Kier alpha value is -2.76. The summed E-state index contributed by atoms with van der Waals surface area (Å²) in [5.41, 5.74) is 8.94. The molecule has 126 valence electrons. The van der Waals surface area contributed by atoms with Gasteiger partial charge in [-0.2, -0.15) is 0 Å². The van der Waals surface area contributed by atoms with E-state index in [9.17, 15) is 0 Å². The summed E-state index contributed by atoms with van der Waals surface area (Å²) in [5.74, 6) is 2.38. The molecular weight excluding hydrogens is 300 g/mol. The van der Waals surface area contributed by atoms with Gasteiger partial charge < -0.3 is 21.3 Å². The fraction of sp³-hybridized carbons (Fsp3) is 0.333. The average molecular weight is 324 g/mol. The Morgan fingerprint density at radius 3 is 2.67 bits per heavy atom. The van der Waals surface area contributed by atoms with Crippen LogP contribution in [0.5, 0.6) is 0 Å². The minimum Gasteiger partial charge on any atom is -0.396 e. The summed E-state index contributed by atoms with van der Waals surface area (Å²) in [4.78, 5) is 11.2. The lowest BCUT2D eigenvalue weighted by Gasteiger charge is -2.25. The topological polar surface area (TPSA) is 79.1 Å². The summed E-state index contributed by atoms with van der Waals surface area (Å²) in [6, 6.07) is 10.0. The zero-order valence-electron chi connectivity index (χ0n) is 14.4. The van der Waals surface area contributed by atoms with E-state index in [0.29, 0.717) is 11.5 Å². The van der Waals surface area contributed by atoms with Crippen molar-refractivity contribution in [1.82, 2.24) is 15.3 Å². The Kier molecular flexibility index (Phi) is 4.55. The van der Waals surface area contributed by atoms with Crippen molar-refractivity contribution in [3.05, 3.63) is 47.8 Å². The molecule has 6 heteroatoms. The standard InChI is InChI=1S/C18H24N6/c1-12-7-8-14(11-20-12)22-18-15(19)9-10-17(23-18)24(3)16-6-4-5-13(2)21-16/h4-7,9-10,14,20H,8,11,19H2,1-3H3,(H,22,23). The molecule has 0 bridgehead atoms. The van der Waals surface area contributed by atoms with Crippen molar-refractivity contribution in [1.29, 1.82) is 0 Å². The number of hydrogen-bond acceptors (Lipinski definition) is 6. The van der Waals surface area contributed by atoms with Crippen LogP contribution >= 0.6 is 0 Å². The van der Waals surface area contributed by atoms with E-state index in [4.69, 9.17) is 10.7 Å². The predicted molar refractivity (Wildman–Crippen MR) is 99.5 cm³/mol. The number of nitrogen functional groups attached to an aromatic ring is 1. The van der Waals surface area contributed by atoms with Crippen molar-refractivity contribution in [3.63, 3.8) is 0 Å². The first kappa shape index (κ1) is 16.1. The first-order valence-corrected chi connectivity index (χ1v) is 8.14. The zero-order valence-corrected chi connectivity index (χ0v) is 14.4. The van der Waals surface area contributed by atoms with E-state index in [1.54, 1.807) is 0 Å². The second kappa shape index (κ2) is 6.78. The number of nitrogens with one attached hydrogen (secondary N) is 2. The largest absolute Gasteiger partial charge is 0.396 e. The molecular formula is C18H24N6. The molecule has 0 radical (unpaired) electrons. The summed E-state index contributed by atoms with van der Waals surface area (Å²) in [7, 11) is 1.96. The van der Waals surface area contributed by atoms with E-state index < -0.39 is 0 Å². The van der Waals surface area contributed by atoms with Crippen LogP contribution in [0.1, 0.15) is 19.0 Å². The second-order valence-electron chi connectivity index (χ2n) is 6.15. The Labute approximate surface area is 142 Å². The molecule has 6 nitrogen and oxygen atoms in total. The van der Waals surface area contributed by atoms with Crippen molar-refractivity contribution >= 4 is 23.1 Å². The molecule has 1 unspecified atom stereocenters. The van der Waals surface area contributed by atoms with Gasteiger partial charge in [0.2, 0.25) is 0 Å². The SMILES string of the molecule is CC1=CCC(Nc2nc(N(C)c3cccc(C)n3)ccc2N)CN1. The summed E-state index contributed by atoms with van der Waals surface area (Å²) < 4.78 is 0. The van der Waals surface area contributed by atoms with Crippen molar-refractivity contribution in [3.8, 4) is 0 Å². The Morgan fingerprint density at radius 2 is 1.96 bits per heavy atom. The van der Waals surface area contributed by atoms with Crippen molar-refractivity contribution < 1.29 is 0 Å². The molecule has 3 rings (SSSR count). The van der Waals surface area contributed by atoms with Gasteiger partial charge in [0.15, 0.2) is 5.82 Å². The quantitative estimate of drug-likeness (QED) is 0.802. The van der Waals surface area contributed by atoms with Crippen LogP contribution in [-0.2, 0) is 0 Å². The number of nitrogens with zero attached hydrogens (tertiary/aromatic N) is 3. The molecule has 4 N–H and O–H groups in total. The first-order valence-electron chi connectivity index (χ1n) is 8.14. The lowest BCUT2D eigenvalue weighted by Crippen LogP contribution is -2.35. The summed E-state index contributed by atoms with van der Waals surface area (Å²) in [6.07, 6.45) is 3.14. The first-order chi connectivity index (χ1) is 11.5.